The summed E-state index contributed by atoms with van der Waals surface area (Å²) in [5.41, 5.74) is 1.60. The number of aromatic nitrogens is 3. The third kappa shape index (κ3) is 4.08. The first kappa shape index (κ1) is 18.5. The number of methoxy groups -OCH3 is 1. The highest BCUT2D eigenvalue weighted by Crippen LogP contribution is 2.29. The van der Waals surface area contributed by atoms with Gasteiger partial charge in [0.1, 0.15) is 5.75 Å². The van der Waals surface area contributed by atoms with E-state index in [4.69, 9.17) is 4.74 Å². The Morgan fingerprint density at radius 1 is 1.19 bits per heavy atom. The van der Waals surface area contributed by atoms with Crippen LogP contribution in [0, 0.1) is 0 Å². The Kier molecular flexibility index (Phi) is 5.95. The highest BCUT2D eigenvalue weighted by molar-refractivity contribution is 9.10. The van der Waals surface area contributed by atoms with Crippen LogP contribution in [0.2, 0.25) is 0 Å². The number of benzene rings is 2. The molecule has 134 valence electrons. The van der Waals surface area contributed by atoms with Gasteiger partial charge in [0.15, 0.2) is 11.0 Å². The summed E-state index contributed by atoms with van der Waals surface area (Å²) in [6.07, 6.45) is 0. The monoisotopic (exact) mass is 432 g/mol. The van der Waals surface area contributed by atoms with Crippen LogP contribution in [0.5, 0.6) is 5.75 Å². The van der Waals surface area contributed by atoms with Crippen LogP contribution in [0.4, 0.5) is 5.69 Å². The van der Waals surface area contributed by atoms with Gasteiger partial charge in [-0.3, -0.25) is 4.79 Å². The van der Waals surface area contributed by atoms with Crippen molar-refractivity contribution >= 4 is 39.3 Å². The van der Waals surface area contributed by atoms with Gasteiger partial charge >= 0.3 is 0 Å². The van der Waals surface area contributed by atoms with E-state index in [-0.39, 0.29) is 11.7 Å². The molecule has 1 amide bonds. The van der Waals surface area contributed by atoms with Crippen LogP contribution in [0.15, 0.2) is 58.2 Å². The van der Waals surface area contributed by atoms with Crippen molar-refractivity contribution < 1.29 is 9.53 Å². The summed E-state index contributed by atoms with van der Waals surface area (Å²) in [6, 6.07) is 15.1. The quantitative estimate of drug-likeness (QED) is 0.596. The number of anilines is 1. The molecule has 0 aliphatic rings. The molecule has 0 aliphatic heterocycles. The van der Waals surface area contributed by atoms with Crippen molar-refractivity contribution in [3.63, 3.8) is 0 Å². The number of nitrogens with one attached hydrogen (secondary N) is 1. The SMILES string of the molecule is COc1ccccc1NC(=O)CSc1nnc(-c2ccccc2Br)n1C. The average molecular weight is 433 g/mol. The standard InChI is InChI=1S/C18H17BrN4O2S/c1-23-17(12-7-3-4-8-13(12)19)21-22-18(23)26-11-16(24)20-14-9-5-6-10-15(14)25-2/h3-10H,11H2,1-2H3,(H,20,24). The largest absolute Gasteiger partial charge is 0.495 e. The molecular weight excluding hydrogens is 416 g/mol. The molecule has 1 heterocycles. The molecular formula is C18H17BrN4O2S. The fraction of sp³-hybridized carbons (Fsp3) is 0.167. The molecule has 8 heteroatoms. The van der Waals surface area contributed by atoms with Crippen molar-refractivity contribution in [3.05, 3.63) is 53.0 Å². The third-order valence-electron chi connectivity index (χ3n) is 3.66. The average Bonchev–Trinajstić information content (AvgIpc) is 3.01. The lowest BCUT2D eigenvalue weighted by Crippen LogP contribution is -2.15. The minimum absolute atomic E-state index is 0.134. The van der Waals surface area contributed by atoms with Crippen LogP contribution in [0.3, 0.4) is 0 Å². The van der Waals surface area contributed by atoms with Crippen LogP contribution >= 0.6 is 27.7 Å². The van der Waals surface area contributed by atoms with Crippen molar-refractivity contribution in [1.82, 2.24) is 14.8 Å². The first-order chi connectivity index (χ1) is 12.6. The van der Waals surface area contributed by atoms with Crippen LogP contribution < -0.4 is 10.1 Å². The Bertz CT molecular complexity index is 929. The number of rotatable bonds is 6. The van der Waals surface area contributed by atoms with Gasteiger partial charge in [-0.25, -0.2) is 0 Å². The van der Waals surface area contributed by atoms with Gasteiger partial charge in [0.2, 0.25) is 5.91 Å². The number of hydrogen-bond donors (Lipinski definition) is 1. The lowest BCUT2D eigenvalue weighted by atomic mass is 10.2. The number of para-hydroxylation sites is 2. The summed E-state index contributed by atoms with van der Waals surface area (Å²) >= 11 is 4.86. The maximum atomic E-state index is 12.2. The third-order valence-corrected chi connectivity index (χ3v) is 5.37. The van der Waals surface area contributed by atoms with Gasteiger partial charge in [-0.1, -0.05) is 58.0 Å². The predicted octanol–water partition coefficient (Wildman–Crippen LogP) is 3.98. The highest BCUT2D eigenvalue weighted by Gasteiger charge is 2.15. The second-order valence-electron chi connectivity index (χ2n) is 5.38. The normalized spacial score (nSPS) is 10.6. The van der Waals surface area contributed by atoms with Gasteiger partial charge in [0.05, 0.1) is 18.6 Å². The van der Waals surface area contributed by atoms with Gasteiger partial charge in [-0.2, -0.15) is 0 Å². The molecule has 0 unspecified atom stereocenters. The molecule has 0 bridgehead atoms. The molecule has 0 atom stereocenters. The Morgan fingerprint density at radius 3 is 2.69 bits per heavy atom. The van der Waals surface area contributed by atoms with Crippen molar-refractivity contribution in [1.29, 1.82) is 0 Å². The van der Waals surface area contributed by atoms with E-state index in [0.29, 0.717) is 16.6 Å². The number of thioether (sulfide) groups is 1. The molecule has 0 radical (unpaired) electrons. The molecule has 26 heavy (non-hydrogen) atoms. The van der Waals surface area contributed by atoms with Crippen LogP contribution in [0.25, 0.3) is 11.4 Å². The van der Waals surface area contributed by atoms with E-state index in [2.05, 4.69) is 31.4 Å². The second kappa shape index (κ2) is 8.37. The fourth-order valence-corrected chi connectivity index (χ4v) is 3.56. The smallest absolute Gasteiger partial charge is 0.234 e. The van der Waals surface area contributed by atoms with E-state index in [9.17, 15) is 4.79 Å². The second-order valence-corrected chi connectivity index (χ2v) is 7.18. The van der Waals surface area contributed by atoms with Gasteiger partial charge in [0, 0.05) is 17.1 Å². The predicted molar refractivity (Wildman–Crippen MR) is 106 cm³/mol. The van der Waals surface area contributed by atoms with E-state index in [1.54, 1.807) is 19.2 Å². The molecule has 6 nitrogen and oxygen atoms in total. The minimum Gasteiger partial charge on any atom is -0.495 e. The number of carbonyl (C=O) groups excluding carboxylic acids is 1. The zero-order chi connectivity index (χ0) is 18.5. The minimum atomic E-state index is -0.134. The number of hydrogen-bond acceptors (Lipinski definition) is 5. The van der Waals surface area contributed by atoms with Crippen molar-refractivity contribution in [2.24, 2.45) is 7.05 Å². The Labute approximate surface area is 164 Å². The number of halogens is 1. The van der Waals surface area contributed by atoms with Crippen molar-refractivity contribution in [2.75, 3.05) is 18.2 Å². The summed E-state index contributed by atoms with van der Waals surface area (Å²) < 4.78 is 8.06. The molecule has 3 rings (SSSR count). The molecule has 3 aromatic rings. The number of nitrogens with zero attached hydrogens (tertiary/aromatic N) is 3. The Morgan fingerprint density at radius 2 is 1.92 bits per heavy atom. The van der Waals surface area contributed by atoms with Crippen molar-refractivity contribution in [3.8, 4) is 17.1 Å². The summed E-state index contributed by atoms with van der Waals surface area (Å²) in [4.78, 5) is 12.2. The van der Waals surface area contributed by atoms with E-state index in [0.717, 1.165) is 15.9 Å². The summed E-state index contributed by atoms with van der Waals surface area (Å²) in [7, 11) is 3.46. The Balaban J connectivity index is 1.67. The van der Waals surface area contributed by atoms with Crippen LogP contribution in [-0.2, 0) is 11.8 Å². The maximum Gasteiger partial charge on any atom is 0.234 e. The zero-order valence-corrected chi connectivity index (χ0v) is 16.7. The van der Waals surface area contributed by atoms with Gasteiger partial charge < -0.3 is 14.6 Å². The zero-order valence-electron chi connectivity index (χ0n) is 14.3. The van der Waals surface area contributed by atoms with E-state index in [1.807, 2.05) is 48.0 Å². The van der Waals surface area contributed by atoms with Crippen LogP contribution in [0.1, 0.15) is 0 Å². The number of ether oxygens (including phenoxy) is 1. The first-order valence-electron chi connectivity index (χ1n) is 7.80. The van der Waals surface area contributed by atoms with Crippen molar-refractivity contribution in [2.45, 2.75) is 5.16 Å². The van der Waals surface area contributed by atoms with E-state index < -0.39 is 0 Å². The van der Waals surface area contributed by atoms with Gasteiger partial charge in [0.25, 0.3) is 0 Å². The first-order valence-corrected chi connectivity index (χ1v) is 9.58. The molecule has 0 saturated carbocycles. The molecule has 0 aliphatic carbocycles. The summed E-state index contributed by atoms with van der Waals surface area (Å²) in [5.74, 6) is 1.45. The molecule has 1 aromatic heterocycles. The number of amides is 1. The summed E-state index contributed by atoms with van der Waals surface area (Å²) in [5, 5.41) is 12.0. The lowest BCUT2D eigenvalue weighted by Gasteiger charge is -2.09. The summed E-state index contributed by atoms with van der Waals surface area (Å²) in [6.45, 7) is 0. The van der Waals surface area contributed by atoms with Crippen LogP contribution in [-0.4, -0.2) is 33.5 Å². The molecule has 0 fully saturated rings. The maximum absolute atomic E-state index is 12.2. The van der Waals surface area contributed by atoms with Gasteiger partial charge in [-0.05, 0) is 18.2 Å². The molecule has 2 aromatic carbocycles. The molecule has 0 spiro atoms. The fourth-order valence-electron chi connectivity index (χ4n) is 2.38. The topological polar surface area (TPSA) is 69.0 Å². The lowest BCUT2D eigenvalue weighted by molar-refractivity contribution is -0.113. The highest BCUT2D eigenvalue weighted by atomic mass is 79.9. The van der Waals surface area contributed by atoms with E-state index >= 15 is 0 Å². The molecule has 0 saturated heterocycles. The molecule has 1 N–H and O–H groups in total. The van der Waals surface area contributed by atoms with E-state index in [1.165, 1.54) is 11.8 Å². The number of carbonyl (C=O) groups is 1. The van der Waals surface area contributed by atoms with Gasteiger partial charge in [-0.15, -0.1) is 10.2 Å². The Hall–Kier alpha value is -2.32.